The molecule has 7 heteroatoms. The fourth-order valence-electron chi connectivity index (χ4n) is 1.39. The van der Waals surface area contributed by atoms with E-state index in [1.807, 2.05) is 6.92 Å². The quantitative estimate of drug-likeness (QED) is 0.455. The van der Waals surface area contributed by atoms with Crippen molar-refractivity contribution in [2.24, 2.45) is 0 Å². The molecule has 0 aliphatic heterocycles. The second kappa shape index (κ2) is 6.99. The van der Waals surface area contributed by atoms with Gasteiger partial charge in [-0.3, -0.25) is 4.57 Å². The van der Waals surface area contributed by atoms with Crippen molar-refractivity contribution in [1.82, 2.24) is 0 Å². The predicted octanol–water partition coefficient (Wildman–Crippen LogP) is 1.93. The van der Waals surface area contributed by atoms with E-state index in [0.717, 1.165) is 12.8 Å². The van der Waals surface area contributed by atoms with Gasteiger partial charge in [0.25, 0.3) is 0 Å². The van der Waals surface area contributed by atoms with Crippen LogP contribution in [0.3, 0.4) is 0 Å². The lowest BCUT2D eigenvalue weighted by Crippen LogP contribution is -2.22. The van der Waals surface area contributed by atoms with Gasteiger partial charge < -0.3 is 14.9 Å². The molecule has 0 aromatic carbocycles. The third kappa shape index (κ3) is 6.20. The summed E-state index contributed by atoms with van der Waals surface area (Å²) in [5.74, 6) is -1.67. The maximum absolute atomic E-state index is 12.9. The lowest BCUT2D eigenvalue weighted by Gasteiger charge is -2.18. The van der Waals surface area contributed by atoms with Crippen molar-refractivity contribution in [1.29, 1.82) is 0 Å². The molecule has 2 atom stereocenters. The highest BCUT2D eigenvalue weighted by Crippen LogP contribution is 2.46. The monoisotopic (exact) mass is 256 g/mol. The summed E-state index contributed by atoms with van der Waals surface area (Å²) in [6, 6.07) is 0. The Kier molecular flexibility index (Phi) is 6.79. The van der Waals surface area contributed by atoms with E-state index >= 15 is 0 Å². The topological polar surface area (TPSA) is 94.8 Å². The lowest BCUT2D eigenvalue weighted by molar-refractivity contribution is -0.143. The number of rotatable bonds is 8. The van der Waals surface area contributed by atoms with Gasteiger partial charge in [-0.2, -0.15) is 0 Å². The average Bonchev–Trinajstić information content (AvgIpc) is 2.14. The maximum atomic E-state index is 12.9. The Hall–Kier alpha value is -0.450. The number of alkyl halides is 1. The first-order valence-corrected chi connectivity index (χ1v) is 6.89. The maximum Gasteiger partial charge on any atom is 0.338 e. The molecule has 0 amide bonds. The predicted molar refractivity (Wildman–Crippen MR) is 57.1 cm³/mol. The first-order valence-electron chi connectivity index (χ1n) is 5.21. The van der Waals surface area contributed by atoms with Crippen LogP contribution in [0.1, 0.15) is 39.0 Å². The highest BCUT2D eigenvalue weighted by atomic mass is 31.2. The van der Waals surface area contributed by atoms with Crippen LogP contribution in [-0.2, 0) is 9.36 Å². The molecule has 0 heterocycles. The number of hydrogen-bond donors (Lipinski definition) is 3. The fourth-order valence-corrected chi connectivity index (χ4v) is 2.37. The van der Waals surface area contributed by atoms with Crippen LogP contribution < -0.4 is 0 Å². The summed E-state index contributed by atoms with van der Waals surface area (Å²) in [6.07, 6.45) is -0.431. The highest BCUT2D eigenvalue weighted by Gasteiger charge is 2.33. The first-order chi connectivity index (χ1) is 7.29. The molecule has 5 nitrogen and oxygen atoms in total. The van der Waals surface area contributed by atoms with Gasteiger partial charge in [-0.05, 0) is 6.42 Å². The Morgan fingerprint density at radius 1 is 1.38 bits per heavy atom. The summed E-state index contributed by atoms with van der Waals surface area (Å²) in [4.78, 5) is 28.2. The third-order valence-corrected chi connectivity index (χ3v) is 3.78. The second-order valence-electron chi connectivity index (χ2n) is 3.78. The van der Waals surface area contributed by atoms with Crippen molar-refractivity contribution in [3.63, 3.8) is 0 Å². The van der Waals surface area contributed by atoms with Crippen LogP contribution in [-0.4, -0.2) is 32.7 Å². The second-order valence-corrected chi connectivity index (χ2v) is 5.69. The van der Waals surface area contributed by atoms with Crippen LogP contribution in [0.2, 0.25) is 0 Å². The van der Waals surface area contributed by atoms with Gasteiger partial charge in [-0.25, -0.2) is 9.18 Å². The van der Waals surface area contributed by atoms with E-state index in [2.05, 4.69) is 0 Å². The summed E-state index contributed by atoms with van der Waals surface area (Å²) in [5, 5.41) is 8.34. The van der Waals surface area contributed by atoms with Crippen LogP contribution in [0.4, 0.5) is 4.39 Å². The van der Waals surface area contributed by atoms with E-state index in [9.17, 15) is 13.8 Å². The zero-order valence-electron chi connectivity index (χ0n) is 9.17. The molecule has 0 aliphatic carbocycles. The van der Waals surface area contributed by atoms with Gasteiger partial charge in [0, 0.05) is 6.42 Å². The molecule has 2 unspecified atom stereocenters. The molecule has 0 saturated carbocycles. The van der Waals surface area contributed by atoms with Crippen LogP contribution >= 0.6 is 7.60 Å². The minimum Gasteiger partial charge on any atom is -0.479 e. The van der Waals surface area contributed by atoms with Crippen LogP contribution in [0.5, 0.6) is 0 Å². The molecule has 3 N–H and O–H groups in total. The number of halogens is 1. The number of hydrogen-bond acceptors (Lipinski definition) is 2. The molecule has 0 aromatic heterocycles. The van der Waals surface area contributed by atoms with Crippen molar-refractivity contribution < 1.29 is 28.6 Å². The van der Waals surface area contributed by atoms with Crippen LogP contribution in [0, 0.1) is 0 Å². The van der Waals surface area contributed by atoms with E-state index in [1.165, 1.54) is 0 Å². The highest BCUT2D eigenvalue weighted by molar-refractivity contribution is 7.52. The standard InChI is InChI=1S/C9H18FO5P/c1-2-3-4-5-7(16(13,14)15)6-8(10)9(11)12/h7-8H,2-6H2,1H3,(H,11,12)(H2,13,14,15). The van der Waals surface area contributed by atoms with Crippen LogP contribution in [0.25, 0.3) is 0 Å². The number of carboxylic acids is 1. The molecule has 0 radical (unpaired) electrons. The normalized spacial score (nSPS) is 15.8. The van der Waals surface area contributed by atoms with Gasteiger partial charge in [-0.1, -0.05) is 26.2 Å². The zero-order chi connectivity index (χ0) is 12.8. The Labute approximate surface area is 93.8 Å². The molecule has 0 saturated heterocycles. The van der Waals surface area contributed by atoms with E-state index in [0.29, 0.717) is 6.42 Å². The van der Waals surface area contributed by atoms with E-state index in [1.54, 1.807) is 0 Å². The number of unbranched alkanes of at least 4 members (excludes halogenated alkanes) is 2. The molecule has 0 aromatic rings. The van der Waals surface area contributed by atoms with Gasteiger partial charge in [0.05, 0.1) is 5.66 Å². The molecule has 0 fully saturated rings. The molecule has 0 bridgehead atoms. The van der Waals surface area contributed by atoms with E-state index < -0.39 is 31.8 Å². The van der Waals surface area contributed by atoms with E-state index in [-0.39, 0.29) is 6.42 Å². The lowest BCUT2D eigenvalue weighted by atomic mass is 10.1. The molecule has 96 valence electrons. The van der Waals surface area contributed by atoms with Gasteiger partial charge in [0.2, 0.25) is 0 Å². The van der Waals surface area contributed by atoms with Crippen molar-refractivity contribution in [2.75, 3.05) is 0 Å². The van der Waals surface area contributed by atoms with Crippen molar-refractivity contribution in [2.45, 2.75) is 50.9 Å². The Bertz CT molecular complexity index is 265. The summed E-state index contributed by atoms with van der Waals surface area (Å²) in [7, 11) is -4.41. The molecule has 0 rings (SSSR count). The van der Waals surface area contributed by atoms with Gasteiger partial charge in [-0.15, -0.1) is 0 Å². The van der Waals surface area contributed by atoms with Crippen molar-refractivity contribution >= 4 is 13.6 Å². The summed E-state index contributed by atoms with van der Waals surface area (Å²) >= 11 is 0. The Morgan fingerprint density at radius 2 is 1.94 bits per heavy atom. The fraction of sp³-hybridized carbons (Fsp3) is 0.889. The summed E-state index contributed by atoms with van der Waals surface area (Å²) in [5.41, 5.74) is -1.19. The largest absolute Gasteiger partial charge is 0.479 e. The zero-order valence-corrected chi connectivity index (χ0v) is 10.1. The molecule has 16 heavy (non-hydrogen) atoms. The van der Waals surface area contributed by atoms with Gasteiger partial charge in [0.1, 0.15) is 0 Å². The molecular formula is C9H18FO5P. The average molecular weight is 256 g/mol. The van der Waals surface area contributed by atoms with Crippen LogP contribution in [0.15, 0.2) is 0 Å². The third-order valence-electron chi connectivity index (χ3n) is 2.36. The number of aliphatic carboxylic acids is 1. The van der Waals surface area contributed by atoms with Gasteiger partial charge in [0.15, 0.2) is 6.17 Å². The Morgan fingerprint density at radius 3 is 2.31 bits per heavy atom. The minimum absolute atomic E-state index is 0.159. The smallest absolute Gasteiger partial charge is 0.338 e. The number of carbonyl (C=O) groups is 1. The summed E-state index contributed by atoms with van der Waals surface area (Å²) in [6.45, 7) is 1.93. The van der Waals surface area contributed by atoms with Gasteiger partial charge >= 0.3 is 13.6 Å². The summed E-state index contributed by atoms with van der Waals surface area (Å²) < 4.78 is 23.9. The molecular weight excluding hydrogens is 238 g/mol. The van der Waals surface area contributed by atoms with E-state index in [4.69, 9.17) is 14.9 Å². The number of carboxylic acid groups (broad SMARTS) is 1. The SMILES string of the molecule is CCCCCC(CC(F)C(=O)O)P(=O)(O)O. The first kappa shape index (κ1) is 15.6. The molecule has 0 aliphatic rings. The molecule has 0 spiro atoms. The Balaban J connectivity index is 4.33. The van der Waals surface area contributed by atoms with Crippen molar-refractivity contribution in [3.8, 4) is 0 Å². The van der Waals surface area contributed by atoms with Crippen molar-refractivity contribution in [3.05, 3.63) is 0 Å². The minimum atomic E-state index is -4.41.